The van der Waals surface area contributed by atoms with Crippen LogP contribution in [-0.2, 0) is 0 Å². The van der Waals surface area contributed by atoms with Gasteiger partial charge in [-0.3, -0.25) is 0 Å². The number of nitrogen functional groups attached to an aromatic ring is 1. The molecule has 0 saturated carbocycles. The second kappa shape index (κ2) is 3.82. The zero-order valence-electron chi connectivity index (χ0n) is 7.61. The summed E-state index contributed by atoms with van der Waals surface area (Å²) in [4.78, 5) is 7.98. The van der Waals surface area contributed by atoms with Gasteiger partial charge in [0, 0.05) is 5.56 Å². The van der Waals surface area contributed by atoms with Crippen molar-refractivity contribution in [2.75, 3.05) is 5.73 Å². The molecule has 0 fully saturated rings. The van der Waals surface area contributed by atoms with Crippen LogP contribution in [0.3, 0.4) is 0 Å². The second-order valence-corrected chi connectivity index (χ2v) is 3.34. The van der Waals surface area contributed by atoms with Crippen LogP contribution in [0.25, 0.3) is 11.4 Å². The highest BCUT2D eigenvalue weighted by Crippen LogP contribution is 2.20. The van der Waals surface area contributed by atoms with Crippen molar-refractivity contribution in [3.05, 3.63) is 41.3 Å². The Bertz CT molecular complexity index is 485. The van der Waals surface area contributed by atoms with Crippen molar-refractivity contribution in [2.45, 2.75) is 0 Å². The molecule has 2 rings (SSSR count). The zero-order valence-corrected chi connectivity index (χ0v) is 8.37. The summed E-state index contributed by atoms with van der Waals surface area (Å²) in [6.07, 6.45) is 1.42. The van der Waals surface area contributed by atoms with E-state index in [4.69, 9.17) is 17.3 Å². The maximum absolute atomic E-state index is 12.7. The minimum atomic E-state index is -0.305. The van der Waals surface area contributed by atoms with Crippen LogP contribution in [0, 0.1) is 5.82 Å². The average molecular weight is 224 g/mol. The van der Waals surface area contributed by atoms with Crippen molar-refractivity contribution in [3.8, 4) is 11.4 Å². The van der Waals surface area contributed by atoms with Crippen LogP contribution in [0.1, 0.15) is 0 Å². The fraction of sp³-hybridized carbons (Fsp3) is 0. The van der Waals surface area contributed by atoms with E-state index in [1.165, 1.54) is 18.3 Å². The number of rotatable bonds is 1. The molecule has 2 N–H and O–H groups in total. The molecule has 0 atom stereocenters. The molecule has 1 aromatic carbocycles. The van der Waals surface area contributed by atoms with Gasteiger partial charge in [-0.15, -0.1) is 0 Å². The van der Waals surface area contributed by atoms with E-state index >= 15 is 0 Å². The predicted molar refractivity (Wildman–Crippen MR) is 56.8 cm³/mol. The molecule has 3 nitrogen and oxygen atoms in total. The summed E-state index contributed by atoms with van der Waals surface area (Å²) in [5.41, 5.74) is 6.22. The summed E-state index contributed by atoms with van der Waals surface area (Å²) in [6, 6.07) is 5.84. The Kier molecular flexibility index (Phi) is 2.51. The number of nitrogens with two attached hydrogens (primary N) is 1. The molecule has 2 aromatic rings. The molecule has 0 aliphatic rings. The Hall–Kier alpha value is -1.68. The molecule has 0 spiro atoms. The lowest BCUT2D eigenvalue weighted by Crippen LogP contribution is -1.96. The number of hydrogen-bond donors (Lipinski definition) is 1. The van der Waals surface area contributed by atoms with Crippen LogP contribution in [0.5, 0.6) is 0 Å². The summed E-state index contributed by atoms with van der Waals surface area (Å²) in [5.74, 6) is 0.337. The summed E-state index contributed by atoms with van der Waals surface area (Å²) in [7, 11) is 0. The molecule has 5 heteroatoms. The average Bonchev–Trinajstić information content (AvgIpc) is 2.23. The molecule has 0 aliphatic carbocycles. The van der Waals surface area contributed by atoms with Gasteiger partial charge in [-0.1, -0.05) is 11.6 Å². The number of aromatic nitrogens is 2. The fourth-order valence-corrected chi connectivity index (χ4v) is 1.21. The van der Waals surface area contributed by atoms with Crippen LogP contribution in [0.2, 0.25) is 5.02 Å². The lowest BCUT2D eigenvalue weighted by atomic mass is 10.2. The van der Waals surface area contributed by atoms with E-state index in [0.29, 0.717) is 16.4 Å². The third-order valence-corrected chi connectivity index (χ3v) is 2.16. The quantitative estimate of drug-likeness (QED) is 0.808. The highest BCUT2D eigenvalue weighted by atomic mass is 35.5. The van der Waals surface area contributed by atoms with Gasteiger partial charge in [0.1, 0.15) is 16.7 Å². The van der Waals surface area contributed by atoms with E-state index in [1.807, 2.05) is 0 Å². The molecular weight excluding hydrogens is 217 g/mol. The van der Waals surface area contributed by atoms with Gasteiger partial charge in [0.15, 0.2) is 5.82 Å². The van der Waals surface area contributed by atoms with Crippen molar-refractivity contribution in [1.29, 1.82) is 0 Å². The first-order chi connectivity index (χ1) is 7.16. The van der Waals surface area contributed by atoms with Crippen molar-refractivity contribution in [1.82, 2.24) is 9.97 Å². The van der Waals surface area contributed by atoms with E-state index in [0.717, 1.165) is 0 Å². The summed E-state index contributed by atoms with van der Waals surface area (Å²) in [5, 5.41) is 0.306. The number of benzene rings is 1. The van der Waals surface area contributed by atoms with Gasteiger partial charge in [0.05, 0.1) is 6.20 Å². The smallest absolute Gasteiger partial charge is 0.161 e. The fourth-order valence-electron chi connectivity index (χ4n) is 1.12. The largest absolute Gasteiger partial charge is 0.382 e. The number of anilines is 1. The van der Waals surface area contributed by atoms with E-state index in [-0.39, 0.29) is 11.6 Å². The summed E-state index contributed by atoms with van der Waals surface area (Å²) in [6.45, 7) is 0. The molecular formula is C10H7ClFN3. The zero-order chi connectivity index (χ0) is 10.8. The van der Waals surface area contributed by atoms with Crippen LogP contribution in [0.4, 0.5) is 10.2 Å². The predicted octanol–water partition coefficient (Wildman–Crippen LogP) is 2.52. The van der Waals surface area contributed by atoms with Crippen LogP contribution in [0.15, 0.2) is 30.5 Å². The first-order valence-electron chi connectivity index (χ1n) is 4.21. The lowest BCUT2D eigenvalue weighted by molar-refractivity contribution is 0.628. The highest BCUT2D eigenvalue weighted by molar-refractivity contribution is 6.32. The third-order valence-electron chi connectivity index (χ3n) is 1.87. The molecule has 0 saturated heterocycles. The third kappa shape index (κ3) is 2.05. The summed E-state index contributed by atoms with van der Waals surface area (Å²) >= 11 is 5.68. The number of nitrogens with zero attached hydrogens (tertiary/aromatic N) is 2. The monoisotopic (exact) mass is 223 g/mol. The Morgan fingerprint density at radius 1 is 1.20 bits per heavy atom. The van der Waals surface area contributed by atoms with Gasteiger partial charge in [0.25, 0.3) is 0 Å². The highest BCUT2D eigenvalue weighted by Gasteiger charge is 2.04. The molecule has 15 heavy (non-hydrogen) atoms. The van der Waals surface area contributed by atoms with Crippen molar-refractivity contribution < 1.29 is 4.39 Å². The molecule has 0 bridgehead atoms. The molecule has 0 radical (unpaired) electrons. The maximum Gasteiger partial charge on any atom is 0.161 e. The topological polar surface area (TPSA) is 51.8 Å². The molecule has 0 unspecified atom stereocenters. The molecule has 1 aromatic heterocycles. The second-order valence-electron chi connectivity index (χ2n) is 2.93. The van der Waals surface area contributed by atoms with Gasteiger partial charge in [-0.2, -0.15) is 0 Å². The Morgan fingerprint density at radius 3 is 2.47 bits per heavy atom. The van der Waals surface area contributed by atoms with E-state index in [2.05, 4.69) is 9.97 Å². The van der Waals surface area contributed by atoms with Gasteiger partial charge in [0.2, 0.25) is 0 Å². The SMILES string of the molecule is Nc1nc(-c2ccc(F)cc2)ncc1Cl. The standard InChI is InChI=1S/C10H7ClFN3/c11-8-5-14-10(15-9(8)13)6-1-3-7(12)4-2-6/h1-5H,(H2,13,14,15). The lowest BCUT2D eigenvalue weighted by Gasteiger charge is -2.01. The van der Waals surface area contributed by atoms with Gasteiger partial charge in [-0.05, 0) is 24.3 Å². The van der Waals surface area contributed by atoms with Crippen molar-refractivity contribution in [3.63, 3.8) is 0 Å². The Labute approximate surface area is 90.7 Å². The molecule has 0 aliphatic heterocycles. The van der Waals surface area contributed by atoms with E-state index < -0.39 is 0 Å². The number of halogens is 2. The van der Waals surface area contributed by atoms with Crippen LogP contribution in [-0.4, -0.2) is 9.97 Å². The minimum absolute atomic E-state index is 0.214. The first-order valence-corrected chi connectivity index (χ1v) is 4.58. The molecule has 76 valence electrons. The van der Waals surface area contributed by atoms with Crippen molar-refractivity contribution >= 4 is 17.4 Å². The maximum atomic E-state index is 12.7. The Morgan fingerprint density at radius 2 is 1.87 bits per heavy atom. The van der Waals surface area contributed by atoms with Gasteiger partial charge >= 0.3 is 0 Å². The minimum Gasteiger partial charge on any atom is -0.382 e. The van der Waals surface area contributed by atoms with Gasteiger partial charge in [-0.25, -0.2) is 14.4 Å². The van der Waals surface area contributed by atoms with Crippen molar-refractivity contribution in [2.24, 2.45) is 0 Å². The molecule has 0 amide bonds. The summed E-state index contributed by atoms with van der Waals surface area (Å²) < 4.78 is 12.7. The van der Waals surface area contributed by atoms with E-state index in [1.54, 1.807) is 12.1 Å². The van der Waals surface area contributed by atoms with Gasteiger partial charge < -0.3 is 5.73 Å². The Balaban J connectivity index is 2.45. The number of hydrogen-bond acceptors (Lipinski definition) is 3. The molecule has 1 heterocycles. The normalized spacial score (nSPS) is 10.3. The first kappa shape index (κ1) is 9.86. The van der Waals surface area contributed by atoms with Crippen LogP contribution < -0.4 is 5.73 Å². The van der Waals surface area contributed by atoms with Crippen LogP contribution >= 0.6 is 11.6 Å². The van der Waals surface area contributed by atoms with E-state index in [9.17, 15) is 4.39 Å².